The van der Waals surface area contributed by atoms with E-state index in [1.165, 1.54) is 12.1 Å². The number of benzene rings is 1. The van der Waals surface area contributed by atoms with Crippen molar-refractivity contribution in [1.82, 2.24) is 15.6 Å². The van der Waals surface area contributed by atoms with Crippen molar-refractivity contribution in [3.63, 3.8) is 0 Å². The van der Waals surface area contributed by atoms with Crippen LogP contribution in [-0.2, 0) is 12.8 Å². The third kappa shape index (κ3) is 3.84. The smallest absolute Gasteiger partial charge is 0.123 e. The van der Waals surface area contributed by atoms with Crippen LogP contribution in [0.5, 0.6) is 0 Å². The highest BCUT2D eigenvalue weighted by atomic mass is 79.9. The number of hydrogen-bond donors (Lipinski definition) is 2. The van der Waals surface area contributed by atoms with Crippen LogP contribution in [0.4, 0.5) is 4.39 Å². The highest BCUT2D eigenvalue weighted by Gasteiger charge is 2.17. The van der Waals surface area contributed by atoms with Crippen molar-refractivity contribution < 1.29 is 4.39 Å². The molecule has 6 heteroatoms. The fourth-order valence-electron chi connectivity index (χ4n) is 2.29. The number of nitrogens with two attached hydrogens (primary N) is 1. The van der Waals surface area contributed by atoms with Crippen LogP contribution < -0.4 is 11.3 Å². The molecule has 0 aliphatic rings. The van der Waals surface area contributed by atoms with Crippen molar-refractivity contribution in [1.29, 1.82) is 0 Å². The van der Waals surface area contributed by atoms with Crippen LogP contribution in [0, 0.1) is 12.7 Å². The summed E-state index contributed by atoms with van der Waals surface area (Å²) in [6.07, 6.45) is 1.33. The van der Waals surface area contributed by atoms with Crippen molar-refractivity contribution in [3.05, 3.63) is 57.1 Å². The molecule has 0 radical (unpaired) electrons. The Morgan fingerprint density at radius 2 is 2.10 bits per heavy atom. The number of aryl methyl sites for hydroxylation is 2. The number of aromatic nitrogens is 2. The van der Waals surface area contributed by atoms with Crippen LogP contribution in [0.25, 0.3) is 0 Å². The zero-order valence-corrected chi connectivity index (χ0v) is 13.6. The van der Waals surface area contributed by atoms with E-state index in [0.717, 1.165) is 33.4 Å². The van der Waals surface area contributed by atoms with Gasteiger partial charge in [0.1, 0.15) is 5.82 Å². The lowest BCUT2D eigenvalue weighted by Crippen LogP contribution is -2.31. The molecule has 0 aliphatic carbocycles. The standard InChI is InChI=1S/C15H18BrFN4/c1-3-14-12(6-9(2)20-21-14)15(19-18)8-10-7-11(17)4-5-13(10)16/h4-7,15,19H,3,8,18H2,1-2H3. The maximum atomic E-state index is 13.4. The molecule has 0 fully saturated rings. The SMILES string of the molecule is CCc1nnc(C)cc1C(Cc1cc(F)ccc1Br)NN. The Morgan fingerprint density at radius 3 is 2.76 bits per heavy atom. The second-order valence-corrected chi connectivity index (χ2v) is 5.75. The van der Waals surface area contributed by atoms with Crippen LogP contribution >= 0.6 is 15.9 Å². The topological polar surface area (TPSA) is 63.8 Å². The molecule has 3 N–H and O–H groups in total. The van der Waals surface area contributed by atoms with Crippen LogP contribution in [0.1, 0.15) is 35.5 Å². The maximum absolute atomic E-state index is 13.4. The van der Waals surface area contributed by atoms with Gasteiger partial charge >= 0.3 is 0 Å². The minimum Gasteiger partial charge on any atom is -0.271 e. The highest BCUT2D eigenvalue weighted by Crippen LogP contribution is 2.26. The third-order valence-electron chi connectivity index (χ3n) is 3.37. The van der Waals surface area contributed by atoms with E-state index in [-0.39, 0.29) is 11.9 Å². The molecule has 2 aromatic rings. The fraction of sp³-hybridized carbons (Fsp3) is 0.333. The molecule has 4 nitrogen and oxygen atoms in total. The van der Waals surface area contributed by atoms with Crippen LogP contribution in [0.3, 0.4) is 0 Å². The lowest BCUT2D eigenvalue weighted by atomic mass is 9.97. The summed E-state index contributed by atoms with van der Waals surface area (Å²) in [6, 6.07) is 6.47. The summed E-state index contributed by atoms with van der Waals surface area (Å²) in [7, 11) is 0. The minimum atomic E-state index is -0.260. The zero-order valence-electron chi connectivity index (χ0n) is 12.0. The molecular weight excluding hydrogens is 335 g/mol. The molecule has 0 saturated carbocycles. The van der Waals surface area contributed by atoms with E-state index < -0.39 is 0 Å². The fourth-order valence-corrected chi connectivity index (χ4v) is 2.70. The molecule has 1 aromatic heterocycles. The molecule has 0 spiro atoms. The second-order valence-electron chi connectivity index (χ2n) is 4.90. The Kier molecular flexibility index (Phi) is 5.39. The molecule has 112 valence electrons. The number of hydrazine groups is 1. The third-order valence-corrected chi connectivity index (χ3v) is 4.14. The summed E-state index contributed by atoms with van der Waals surface area (Å²) >= 11 is 3.45. The first-order valence-electron chi connectivity index (χ1n) is 6.78. The average molecular weight is 353 g/mol. The molecule has 1 unspecified atom stereocenters. The summed E-state index contributed by atoms with van der Waals surface area (Å²) in [4.78, 5) is 0. The lowest BCUT2D eigenvalue weighted by molar-refractivity contribution is 0.538. The summed E-state index contributed by atoms with van der Waals surface area (Å²) in [5.74, 6) is 5.45. The van der Waals surface area contributed by atoms with E-state index in [1.54, 1.807) is 6.07 Å². The molecule has 1 aromatic carbocycles. The molecule has 1 heterocycles. The Bertz CT molecular complexity index is 633. The quantitative estimate of drug-likeness (QED) is 0.641. The Balaban J connectivity index is 2.36. The second kappa shape index (κ2) is 7.06. The van der Waals surface area contributed by atoms with Gasteiger partial charge in [-0.2, -0.15) is 10.2 Å². The molecule has 0 aliphatic heterocycles. The van der Waals surface area contributed by atoms with Crippen LogP contribution in [0.2, 0.25) is 0 Å². The zero-order chi connectivity index (χ0) is 15.4. The molecule has 0 amide bonds. The first-order chi connectivity index (χ1) is 10.0. The van der Waals surface area contributed by atoms with Gasteiger partial charge in [0.15, 0.2) is 0 Å². The van der Waals surface area contributed by atoms with Gasteiger partial charge in [-0.15, -0.1) is 0 Å². The summed E-state index contributed by atoms with van der Waals surface area (Å²) in [5.41, 5.74) is 6.40. The van der Waals surface area contributed by atoms with Gasteiger partial charge in [0.25, 0.3) is 0 Å². The van der Waals surface area contributed by atoms with Crippen molar-refractivity contribution in [2.24, 2.45) is 5.84 Å². The number of hydrogen-bond acceptors (Lipinski definition) is 4. The van der Waals surface area contributed by atoms with E-state index in [2.05, 4.69) is 31.6 Å². The van der Waals surface area contributed by atoms with Crippen molar-refractivity contribution >= 4 is 15.9 Å². The molecule has 2 rings (SSSR count). The predicted octanol–water partition coefficient (Wildman–Crippen LogP) is 3.00. The number of nitrogens with zero attached hydrogens (tertiary/aromatic N) is 2. The van der Waals surface area contributed by atoms with E-state index >= 15 is 0 Å². The van der Waals surface area contributed by atoms with Crippen LogP contribution in [0.15, 0.2) is 28.7 Å². The molecule has 0 saturated heterocycles. The largest absolute Gasteiger partial charge is 0.271 e. The summed E-state index contributed by atoms with van der Waals surface area (Å²) in [5, 5.41) is 8.29. The van der Waals surface area contributed by atoms with Gasteiger partial charge in [-0.25, -0.2) is 4.39 Å². The normalized spacial score (nSPS) is 12.4. The Morgan fingerprint density at radius 1 is 1.33 bits per heavy atom. The molecular formula is C15H18BrFN4. The van der Waals surface area contributed by atoms with Gasteiger partial charge < -0.3 is 0 Å². The van der Waals surface area contributed by atoms with E-state index in [1.807, 2.05) is 19.9 Å². The first-order valence-corrected chi connectivity index (χ1v) is 7.57. The van der Waals surface area contributed by atoms with Crippen molar-refractivity contribution in [2.45, 2.75) is 32.7 Å². The van der Waals surface area contributed by atoms with Gasteiger partial charge in [0.2, 0.25) is 0 Å². The number of nitrogens with one attached hydrogen (secondary N) is 1. The number of halogens is 2. The summed E-state index contributed by atoms with van der Waals surface area (Å²) in [6.45, 7) is 3.91. The average Bonchev–Trinajstić information content (AvgIpc) is 2.48. The minimum absolute atomic E-state index is 0.146. The van der Waals surface area contributed by atoms with Crippen molar-refractivity contribution in [3.8, 4) is 0 Å². The maximum Gasteiger partial charge on any atom is 0.123 e. The van der Waals surface area contributed by atoms with Gasteiger partial charge in [-0.05, 0) is 55.2 Å². The van der Waals surface area contributed by atoms with E-state index in [4.69, 9.17) is 5.84 Å². The van der Waals surface area contributed by atoms with Gasteiger partial charge in [-0.1, -0.05) is 22.9 Å². The molecule has 21 heavy (non-hydrogen) atoms. The Hall–Kier alpha value is -1.37. The van der Waals surface area contributed by atoms with Gasteiger partial charge in [0, 0.05) is 4.47 Å². The number of rotatable bonds is 5. The van der Waals surface area contributed by atoms with E-state index in [0.29, 0.717) is 6.42 Å². The monoisotopic (exact) mass is 352 g/mol. The first kappa shape index (κ1) is 16.0. The van der Waals surface area contributed by atoms with E-state index in [9.17, 15) is 4.39 Å². The van der Waals surface area contributed by atoms with Crippen molar-refractivity contribution in [2.75, 3.05) is 0 Å². The van der Waals surface area contributed by atoms with Gasteiger partial charge in [0.05, 0.1) is 17.4 Å². The summed E-state index contributed by atoms with van der Waals surface area (Å²) < 4.78 is 14.3. The molecule has 0 bridgehead atoms. The van der Waals surface area contributed by atoms with Gasteiger partial charge in [-0.3, -0.25) is 11.3 Å². The Labute approximate surface area is 132 Å². The molecule has 1 atom stereocenters. The predicted molar refractivity (Wildman–Crippen MR) is 84.0 cm³/mol. The lowest BCUT2D eigenvalue weighted by Gasteiger charge is -2.19. The highest BCUT2D eigenvalue weighted by molar-refractivity contribution is 9.10. The van der Waals surface area contributed by atoms with Crippen LogP contribution in [-0.4, -0.2) is 10.2 Å².